The summed E-state index contributed by atoms with van der Waals surface area (Å²) in [6, 6.07) is 10.8. The van der Waals surface area contributed by atoms with E-state index < -0.39 is 0 Å². The first-order valence-electron chi connectivity index (χ1n) is 9.74. The molecule has 2 aromatic heterocycles. The van der Waals surface area contributed by atoms with Crippen molar-refractivity contribution in [3.05, 3.63) is 73.1 Å². The lowest BCUT2D eigenvalue weighted by Crippen LogP contribution is -2.44. The topological polar surface area (TPSA) is 97.3 Å². The lowest BCUT2D eigenvalue weighted by Gasteiger charge is -2.31. The Hall–Kier alpha value is -3.81. The molecule has 1 saturated heterocycles. The maximum Gasteiger partial charge on any atom is 0.274 e. The lowest BCUT2D eigenvalue weighted by atomic mass is 9.96. The highest BCUT2D eigenvalue weighted by molar-refractivity contribution is 5.96. The number of carbonyl (C=O) groups is 2. The number of nitrogens with zero attached hydrogens (tertiary/aromatic N) is 4. The number of anilines is 1. The third-order valence-corrected chi connectivity index (χ3v) is 4.87. The SMILES string of the molecule is O=C(Nc1ccccc1Oc1cccnc1)C1CCCN(C(=O)c2cnccn2)C1. The summed E-state index contributed by atoms with van der Waals surface area (Å²) in [5.74, 6) is 0.445. The normalized spacial score (nSPS) is 16.0. The van der Waals surface area contributed by atoms with Crippen molar-refractivity contribution < 1.29 is 14.3 Å². The Morgan fingerprint density at radius 1 is 1.03 bits per heavy atom. The number of rotatable bonds is 5. The van der Waals surface area contributed by atoms with E-state index in [0.29, 0.717) is 36.7 Å². The van der Waals surface area contributed by atoms with Crippen molar-refractivity contribution in [1.82, 2.24) is 19.9 Å². The number of pyridine rings is 1. The number of likely N-dealkylation sites (tertiary alicyclic amines) is 1. The van der Waals surface area contributed by atoms with Gasteiger partial charge in [-0.25, -0.2) is 4.98 Å². The van der Waals surface area contributed by atoms with Crippen LogP contribution in [0.4, 0.5) is 5.69 Å². The second-order valence-electron chi connectivity index (χ2n) is 6.96. The van der Waals surface area contributed by atoms with Gasteiger partial charge in [0.25, 0.3) is 5.91 Å². The van der Waals surface area contributed by atoms with Gasteiger partial charge in [-0.2, -0.15) is 0 Å². The molecule has 0 spiro atoms. The van der Waals surface area contributed by atoms with E-state index in [1.54, 1.807) is 41.6 Å². The molecule has 1 aliphatic heterocycles. The number of aromatic nitrogens is 3. The summed E-state index contributed by atoms with van der Waals surface area (Å²) in [7, 11) is 0. The van der Waals surface area contributed by atoms with Crippen molar-refractivity contribution in [2.24, 2.45) is 5.92 Å². The number of carbonyl (C=O) groups excluding carboxylic acids is 2. The molecule has 3 aromatic rings. The summed E-state index contributed by atoms with van der Waals surface area (Å²) in [5, 5.41) is 2.95. The predicted molar refractivity (Wildman–Crippen MR) is 110 cm³/mol. The summed E-state index contributed by atoms with van der Waals surface area (Å²) < 4.78 is 5.86. The van der Waals surface area contributed by atoms with Crippen molar-refractivity contribution in [2.45, 2.75) is 12.8 Å². The molecule has 152 valence electrons. The Labute approximate surface area is 173 Å². The second kappa shape index (κ2) is 9.13. The standard InChI is InChI=1S/C22H21N5O3/c28-21(16-5-4-12-27(15-16)22(29)19-14-24-10-11-25-19)26-18-7-1-2-8-20(18)30-17-6-3-9-23-13-17/h1-3,6-11,13-14,16H,4-5,12,15H2,(H,26,28). The molecular formula is C22H21N5O3. The quantitative estimate of drug-likeness (QED) is 0.703. The minimum absolute atomic E-state index is 0.145. The third-order valence-electron chi connectivity index (χ3n) is 4.87. The Bertz CT molecular complexity index is 1010. The Morgan fingerprint density at radius 2 is 1.90 bits per heavy atom. The van der Waals surface area contributed by atoms with Gasteiger partial charge in [-0.1, -0.05) is 12.1 Å². The molecule has 1 aliphatic rings. The average molecular weight is 403 g/mol. The van der Waals surface area contributed by atoms with Crippen LogP contribution in [0.3, 0.4) is 0 Å². The average Bonchev–Trinajstić information content (AvgIpc) is 2.81. The lowest BCUT2D eigenvalue weighted by molar-refractivity contribution is -0.121. The molecule has 1 atom stereocenters. The maximum atomic E-state index is 12.9. The van der Waals surface area contributed by atoms with Gasteiger partial charge in [0.05, 0.1) is 24.0 Å². The number of amides is 2. The summed E-state index contributed by atoms with van der Waals surface area (Å²) in [4.78, 5) is 39.3. The van der Waals surface area contributed by atoms with Gasteiger partial charge in [-0.05, 0) is 37.1 Å². The van der Waals surface area contributed by atoms with Gasteiger partial charge in [0, 0.05) is 31.7 Å². The molecule has 2 amide bonds. The fraction of sp³-hybridized carbons (Fsp3) is 0.227. The molecule has 0 bridgehead atoms. The van der Waals surface area contributed by atoms with Gasteiger partial charge in [0.15, 0.2) is 5.75 Å². The highest BCUT2D eigenvalue weighted by Crippen LogP contribution is 2.30. The van der Waals surface area contributed by atoms with E-state index >= 15 is 0 Å². The van der Waals surface area contributed by atoms with Crippen LogP contribution in [0.2, 0.25) is 0 Å². The van der Waals surface area contributed by atoms with Gasteiger partial charge < -0.3 is 15.0 Å². The molecule has 8 nitrogen and oxygen atoms in total. The Balaban J connectivity index is 1.43. The van der Waals surface area contributed by atoms with Crippen LogP contribution in [-0.2, 0) is 4.79 Å². The fourth-order valence-electron chi connectivity index (χ4n) is 3.38. The van der Waals surface area contributed by atoms with Crippen LogP contribution in [-0.4, -0.2) is 44.8 Å². The van der Waals surface area contributed by atoms with Crippen molar-refractivity contribution in [1.29, 1.82) is 0 Å². The number of piperidine rings is 1. The summed E-state index contributed by atoms with van der Waals surface area (Å²) in [5.41, 5.74) is 0.859. The molecule has 3 heterocycles. The predicted octanol–water partition coefficient (Wildman–Crippen LogP) is 3.15. The number of hydrogen-bond acceptors (Lipinski definition) is 6. The van der Waals surface area contributed by atoms with Crippen LogP contribution in [0.5, 0.6) is 11.5 Å². The molecule has 8 heteroatoms. The maximum absolute atomic E-state index is 12.9. The van der Waals surface area contributed by atoms with Crippen LogP contribution < -0.4 is 10.1 Å². The molecule has 30 heavy (non-hydrogen) atoms. The zero-order valence-electron chi connectivity index (χ0n) is 16.3. The first kappa shape index (κ1) is 19.5. The van der Waals surface area contributed by atoms with Crippen molar-refractivity contribution in [3.8, 4) is 11.5 Å². The molecule has 0 radical (unpaired) electrons. The van der Waals surface area contributed by atoms with E-state index in [1.165, 1.54) is 18.6 Å². The first-order valence-corrected chi connectivity index (χ1v) is 9.74. The summed E-state index contributed by atoms with van der Waals surface area (Å²) in [6.45, 7) is 0.937. The van der Waals surface area contributed by atoms with Gasteiger partial charge in [0.1, 0.15) is 11.4 Å². The fourth-order valence-corrected chi connectivity index (χ4v) is 3.38. The number of benzene rings is 1. The minimum atomic E-state index is -0.314. The van der Waals surface area contributed by atoms with Crippen LogP contribution >= 0.6 is 0 Å². The number of hydrogen-bond donors (Lipinski definition) is 1. The van der Waals surface area contributed by atoms with Gasteiger partial charge >= 0.3 is 0 Å². The van der Waals surface area contributed by atoms with Crippen LogP contribution in [0, 0.1) is 5.92 Å². The molecule has 0 saturated carbocycles. The van der Waals surface area contributed by atoms with Crippen molar-refractivity contribution >= 4 is 17.5 Å². The zero-order valence-corrected chi connectivity index (χ0v) is 16.3. The Morgan fingerprint density at radius 3 is 2.70 bits per heavy atom. The number of nitrogens with one attached hydrogen (secondary N) is 1. The summed E-state index contributed by atoms with van der Waals surface area (Å²) in [6.07, 6.45) is 9.18. The largest absolute Gasteiger partial charge is 0.454 e. The smallest absolute Gasteiger partial charge is 0.274 e. The van der Waals surface area contributed by atoms with Crippen LogP contribution in [0.1, 0.15) is 23.3 Å². The van der Waals surface area contributed by atoms with E-state index in [0.717, 1.165) is 6.42 Å². The molecule has 4 rings (SSSR count). The third kappa shape index (κ3) is 4.60. The molecule has 0 aliphatic carbocycles. The molecule has 1 unspecified atom stereocenters. The monoisotopic (exact) mass is 403 g/mol. The van der Waals surface area contributed by atoms with E-state index in [9.17, 15) is 9.59 Å². The van der Waals surface area contributed by atoms with E-state index in [-0.39, 0.29) is 23.4 Å². The molecule has 1 fully saturated rings. The van der Waals surface area contributed by atoms with Gasteiger partial charge in [-0.3, -0.25) is 19.6 Å². The minimum Gasteiger partial charge on any atom is -0.454 e. The highest BCUT2D eigenvalue weighted by Gasteiger charge is 2.30. The van der Waals surface area contributed by atoms with Gasteiger partial charge in [-0.15, -0.1) is 0 Å². The molecule has 1 N–H and O–H groups in total. The second-order valence-corrected chi connectivity index (χ2v) is 6.96. The summed E-state index contributed by atoms with van der Waals surface area (Å²) >= 11 is 0. The van der Waals surface area contributed by atoms with E-state index in [4.69, 9.17) is 4.74 Å². The Kier molecular flexibility index (Phi) is 5.93. The van der Waals surface area contributed by atoms with Crippen molar-refractivity contribution in [3.63, 3.8) is 0 Å². The number of para-hydroxylation sites is 2. The van der Waals surface area contributed by atoms with E-state index in [1.807, 2.05) is 12.1 Å². The number of ether oxygens (including phenoxy) is 1. The van der Waals surface area contributed by atoms with Crippen LogP contribution in [0.25, 0.3) is 0 Å². The zero-order chi connectivity index (χ0) is 20.8. The van der Waals surface area contributed by atoms with Crippen LogP contribution in [0.15, 0.2) is 67.4 Å². The highest BCUT2D eigenvalue weighted by atomic mass is 16.5. The molecular weight excluding hydrogens is 382 g/mol. The first-order chi connectivity index (χ1) is 14.7. The molecule has 1 aromatic carbocycles. The van der Waals surface area contributed by atoms with Gasteiger partial charge in [0.2, 0.25) is 5.91 Å². The van der Waals surface area contributed by atoms with Crippen molar-refractivity contribution in [2.75, 3.05) is 18.4 Å². The van der Waals surface area contributed by atoms with E-state index in [2.05, 4.69) is 20.3 Å².